The molecule has 0 saturated heterocycles. The molecule has 24 nitrogen and oxygen atoms in total. The van der Waals surface area contributed by atoms with Crippen LogP contribution in [0, 0.1) is 37.8 Å². The topological polar surface area (TPSA) is 344 Å². The number of carbonyl (C=O) groups excluding carboxylic acids is 8. The van der Waals surface area contributed by atoms with Gasteiger partial charge in [-0.15, -0.1) is 0 Å². The van der Waals surface area contributed by atoms with Crippen molar-refractivity contribution in [2.75, 3.05) is 63.8 Å². The number of aliphatic hydroxyl groups is 1. The van der Waals surface area contributed by atoms with Crippen molar-refractivity contribution >= 4 is 122 Å². The predicted molar refractivity (Wildman–Crippen MR) is 431 cm³/mol. The van der Waals surface area contributed by atoms with Gasteiger partial charge in [0, 0.05) is 57.1 Å². The number of rotatable bonds is 18. The van der Waals surface area contributed by atoms with Gasteiger partial charge in [-0.2, -0.15) is 0 Å². The molecule has 24 heteroatoms. The zero-order chi connectivity index (χ0) is 77.4. The second-order valence-electron chi connectivity index (χ2n) is 24.1. The maximum absolute atomic E-state index is 12.9. The third-order valence-corrected chi connectivity index (χ3v) is 15.7. The number of nitrogens with zero attached hydrogens (tertiary/aromatic N) is 1. The maximum atomic E-state index is 12.9. The van der Waals surface area contributed by atoms with Crippen LogP contribution in [-0.2, 0) is 6.61 Å². The molecule has 12 aromatic carbocycles. The summed E-state index contributed by atoms with van der Waals surface area (Å²) < 4.78 is 0. The molecule has 0 saturated carbocycles. The van der Waals surface area contributed by atoms with E-state index in [1.807, 2.05) is 125 Å². The van der Waals surface area contributed by atoms with Gasteiger partial charge in [0.2, 0.25) is 0 Å². The average molecular weight is 1460 g/mol. The van der Waals surface area contributed by atoms with E-state index in [0.717, 1.165) is 27.8 Å². The molecule has 0 spiro atoms. The molecule has 13 N–H and O–H groups in total. The summed E-state index contributed by atoms with van der Waals surface area (Å²) >= 11 is 0. The fraction of sp³-hybridized carbons (Fsp3) is 0.0588. The zero-order valence-electron chi connectivity index (χ0n) is 59.6. The molecular weight excluding hydrogens is 1380 g/mol. The number of para-hydroxylation sites is 12. The Morgan fingerprint density at radius 2 is 0.560 bits per heavy atom. The van der Waals surface area contributed by atoms with Gasteiger partial charge in [-0.05, 0) is 178 Å². The van der Waals surface area contributed by atoms with Gasteiger partial charge in [0.1, 0.15) is 0 Å². The van der Waals surface area contributed by atoms with Gasteiger partial charge in [0.05, 0.1) is 57.0 Å². The highest BCUT2D eigenvalue weighted by Gasteiger charge is 2.19. The van der Waals surface area contributed by atoms with Crippen LogP contribution in [0.5, 0.6) is 0 Å². The molecule has 0 aliphatic rings. The molecule has 0 bridgehead atoms. The van der Waals surface area contributed by atoms with Crippen molar-refractivity contribution in [3.05, 3.63) is 364 Å². The summed E-state index contributed by atoms with van der Waals surface area (Å²) in [4.78, 5) is 109. The van der Waals surface area contributed by atoms with Crippen LogP contribution in [0.2, 0.25) is 0 Å². The number of aliphatic hydroxyl groups excluding tert-OH is 1. The Bertz CT molecular complexity index is 5130. The number of nitro benzene ring substituents is 1. The summed E-state index contributed by atoms with van der Waals surface area (Å²) in [5.74, 6) is -1.19. The molecule has 12 rings (SSSR count). The number of nitrogens with one attached hydrogen (secondary N) is 12. The largest absolute Gasteiger partial charge is 0.392 e. The van der Waals surface area contributed by atoms with E-state index in [1.165, 1.54) is 24.3 Å². The summed E-state index contributed by atoms with van der Waals surface area (Å²) in [7, 11) is 0. The molecule has 0 heterocycles. The summed E-state index contributed by atoms with van der Waals surface area (Å²) in [6.45, 7) is 7.70. The summed E-state index contributed by atoms with van der Waals surface area (Å²) in [5.41, 5.74) is 13.1. The Morgan fingerprint density at radius 3 is 0.853 bits per heavy atom. The lowest BCUT2D eigenvalue weighted by Gasteiger charge is -2.15. The number of amides is 12. The lowest BCUT2D eigenvalue weighted by molar-refractivity contribution is -0.384. The Labute approximate surface area is 628 Å². The first-order valence-corrected chi connectivity index (χ1v) is 34.0. The lowest BCUT2D eigenvalue weighted by Crippen LogP contribution is -2.21. The molecule has 0 unspecified atom stereocenters. The minimum absolute atomic E-state index is 0.0782. The monoisotopic (exact) mass is 1460 g/mol. The third-order valence-electron chi connectivity index (χ3n) is 15.7. The molecule has 0 aromatic heterocycles. The second-order valence-corrected chi connectivity index (χ2v) is 24.1. The van der Waals surface area contributed by atoms with Gasteiger partial charge in [-0.3, -0.25) is 29.3 Å². The SMILES string of the molecule is Cc1cc(C)c(C(=O)Nc2ccccc2NC(=O)Nc2ccccc2)c(C)c1.Cc1cccc(C(=O)Nc2ccccc2NC(=O)Nc2ccccc2)c1.O=C(Nc1ccccc1)Nc1ccccc1NC(=O)c1ccc(CO)cc1.O=C(Nc1ccccc1)Nc1ccccc1NC(=O)c1ccc([N+](=O)[O-])cc1. The molecule has 109 heavy (non-hydrogen) atoms. The van der Waals surface area contributed by atoms with Crippen LogP contribution < -0.4 is 63.8 Å². The van der Waals surface area contributed by atoms with Crippen LogP contribution in [0.25, 0.3) is 0 Å². The number of hydrogen-bond acceptors (Lipinski definition) is 11. The highest BCUT2D eigenvalue weighted by molar-refractivity contribution is 6.12. The van der Waals surface area contributed by atoms with E-state index in [-0.39, 0.29) is 47.6 Å². The smallest absolute Gasteiger partial charge is 0.323 e. The molecule has 0 atom stereocenters. The maximum Gasteiger partial charge on any atom is 0.323 e. The number of non-ortho nitro benzene ring substituents is 1. The minimum atomic E-state index is -0.535. The van der Waals surface area contributed by atoms with Crippen LogP contribution in [0.3, 0.4) is 0 Å². The van der Waals surface area contributed by atoms with Crippen LogP contribution in [0.1, 0.15) is 69.2 Å². The number of aryl methyl sites for hydroxylation is 4. The Morgan fingerprint density at radius 1 is 0.284 bits per heavy atom. The van der Waals surface area contributed by atoms with Crippen LogP contribution in [0.15, 0.2) is 303 Å². The second kappa shape index (κ2) is 39.6. The predicted octanol–water partition coefficient (Wildman–Crippen LogP) is 19.0. The Kier molecular flexibility index (Phi) is 28.3. The number of urea groups is 4. The normalized spacial score (nSPS) is 10.1. The fourth-order valence-corrected chi connectivity index (χ4v) is 10.6. The van der Waals surface area contributed by atoms with Gasteiger partial charge < -0.3 is 68.9 Å². The molecule has 0 aliphatic carbocycles. The molecule has 0 fully saturated rings. The van der Waals surface area contributed by atoms with Crippen molar-refractivity contribution in [3.63, 3.8) is 0 Å². The molecule has 0 aliphatic heterocycles. The Hall–Kier alpha value is -15.0. The molecule has 0 radical (unpaired) electrons. The third kappa shape index (κ3) is 24.6. The van der Waals surface area contributed by atoms with E-state index in [2.05, 4.69) is 63.8 Å². The number of benzene rings is 12. The average Bonchev–Trinajstić information content (AvgIpc) is 0.824. The Balaban J connectivity index is 0.000000168. The van der Waals surface area contributed by atoms with E-state index in [9.17, 15) is 48.5 Å². The van der Waals surface area contributed by atoms with Crippen molar-refractivity contribution in [2.45, 2.75) is 34.3 Å². The van der Waals surface area contributed by atoms with Gasteiger partial charge in [0.25, 0.3) is 29.3 Å². The van der Waals surface area contributed by atoms with Crippen molar-refractivity contribution < 1.29 is 48.4 Å². The van der Waals surface area contributed by atoms with E-state index in [0.29, 0.717) is 84.9 Å². The summed E-state index contributed by atoms with van der Waals surface area (Å²) in [6.07, 6.45) is 0. The molecule has 12 amide bonds. The zero-order valence-corrected chi connectivity index (χ0v) is 59.6. The number of nitro groups is 1. The van der Waals surface area contributed by atoms with E-state index in [1.54, 1.807) is 182 Å². The number of carbonyl (C=O) groups is 8. The number of anilines is 12. The standard InChI is InChI=1S/C23H23N3O2.C21H19N3O3.C21H19N3O2.C20H16N4O4/c1-15-13-16(2)21(17(3)14-15)22(27)25-19-11-7-8-12-20(19)26-23(28)24-18-9-5-4-6-10-18;25-14-15-10-12-16(13-11-15)20(26)23-18-8-4-5-9-19(18)24-21(27)22-17-6-2-1-3-7-17;1-15-8-7-9-16(14-15)20(25)23-18-12-5-6-13-19(18)24-21(26)22-17-10-3-2-4-11-17;25-19(14-10-12-16(13-11-14)24(27)28)22-17-8-4-5-9-18(17)23-20(26)21-15-6-2-1-3-7-15/h4-14H,1-3H3,(H,25,27)(H2,24,26,28);1-13,25H,14H2,(H,23,26)(H2,22,24,27);2-14H,1H3,(H,23,25)(H2,22,24,26);1-13H,(H,22,25)(H2,21,23,26). The molecular formula is C85H77N13O11. The van der Waals surface area contributed by atoms with E-state index >= 15 is 0 Å². The summed E-state index contributed by atoms with van der Waals surface area (Å²) in [6, 6.07) is 85.8. The van der Waals surface area contributed by atoms with Gasteiger partial charge in [-0.25, -0.2) is 19.2 Å². The first-order valence-electron chi connectivity index (χ1n) is 34.0. The van der Waals surface area contributed by atoms with E-state index < -0.39 is 22.9 Å². The van der Waals surface area contributed by atoms with Gasteiger partial charge >= 0.3 is 24.1 Å². The first-order chi connectivity index (χ1) is 52.7. The van der Waals surface area contributed by atoms with Crippen LogP contribution in [-0.4, -0.2) is 57.8 Å². The first kappa shape index (κ1) is 78.1. The van der Waals surface area contributed by atoms with Gasteiger partial charge in [0.15, 0.2) is 0 Å². The van der Waals surface area contributed by atoms with Crippen molar-refractivity contribution in [1.29, 1.82) is 0 Å². The van der Waals surface area contributed by atoms with Crippen molar-refractivity contribution in [2.24, 2.45) is 0 Å². The highest BCUT2D eigenvalue weighted by atomic mass is 16.6. The quantitative estimate of drug-likeness (QED) is 0.0283. The number of hydrogen-bond donors (Lipinski definition) is 13. The van der Waals surface area contributed by atoms with Crippen molar-refractivity contribution in [1.82, 2.24) is 0 Å². The minimum Gasteiger partial charge on any atom is -0.392 e. The van der Waals surface area contributed by atoms with Crippen molar-refractivity contribution in [3.8, 4) is 0 Å². The van der Waals surface area contributed by atoms with E-state index in [4.69, 9.17) is 5.11 Å². The van der Waals surface area contributed by atoms with Crippen LogP contribution >= 0.6 is 0 Å². The highest BCUT2D eigenvalue weighted by Crippen LogP contribution is 2.28. The van der Waals surface area contributed by atoms with Gasteiger partial charge in [-0.1, -0.05) is 169 Å². The van der Waals surface area contributed by atoms with Crippen LogP contribution in [0.4, 0.5) is 93.1 Å². The summed E-state index contributed by atoms with van der Waals surface area (Å²) in [5, 5.41) is 52.9. The molecule has 548 valence electrons. The molecule has 12 aromatic rings. The fourth-order valence-electron chi connectivity index (χ4n) is 10.6. The lowest BCUT2D eigenvalue weighted by atomic mass is 9.99.